The highest BCUT2D eigenvalue weighted by Crippen LogP contribution is 2.66. The van der Waals surface area contributed by atoms with E-state index < -0.39 is 0 Å². The summed E-state index contributed by atoms with van der Waals surface area (Å²) in [5.74, 6) is 4.59. The average Bonchev–Trinajstić information content (AvgIpc) is 3.08. The highest BCUT2D eigenvalue weighted by Gasteiger charge is 2.57. The van der Waals surface area contributed by atoms with Crippen LogP contribution in [-0.4, -0.2) is 11.7 Å². The summed E-state index contributed by atoms with van der Waals surface area (Å²) in [6.07, 6.45) is 18.1. The first-order valence-corrected chi connectivity index (χ1v) is 12.8. The Morgan fingerprint density at radius 3 is 2.59 bits per heavy atom. The van der Waals surface area contributed by atoms with Gasteiger partial charge in [-0.25, -0.2) is 0 Å². The molecule has 0 amide bonds. The molecule has 4 aliphatic carbocycles. The molecule has 29 heavy (non-hydrogen) atoms. The third-order valence-electron chi connectivity index (χ3n) is 10.6. The van der Waals surface area contributed by atoms with Crippen molar-refractivity contribution in [3.8, 4) is 0 Å². The summed E-state index contributed by atoms with van der Waals surface area (Å²) in [6, 6.07) is 0. The Bertz CT molecular complexity index is 647. The standard InChI is InChI=1S/C28H46O/c1-19(21(3)18-29)9-10-20(2)24-13-14-25-23-12-11-22-8-6-7-16-27(22,4)26(23)15-17-28(24,25)5/h12,20-22,24-26,29H,1,6-11,13-18H2,2-5H3/t20-,21?,22?,24-,25+,26+,27+,28-/m1/s1. The Hall–Kier alpha value is -0.560. The molecule has 0 bridgehead atoms. The topological polar surface area (TPSA) is 20.2 Å². The van der Waals surface area contributed by atoms with Gasteiger partial charge in [-0.3, -0.25) is 0 Å². The lowest BCUT2D eigenvalue weighted by Crippen LogP contribution is -2.48. The summed E-state index contributed by atoms with van der Waals surface area (Å²) in [4.78, 5) is 0. The van der Waals surface area contributed by atoms with Gasteiger partial charge in [0.05, 0.1) is 0 Å². The molecular formula is C28H46O. The van der Waals surface area contributed by atoms with Crippen LogP contribution >= 0.6 is 0 Å². The SMILES string of the molecule is C=C(CC[C@@H](C)[C@H]1CC[C@H]2C3=CCC4CCCC[C@]4(C)[C@H]3CC[C@]12C)C(C)CO. The fraction of sp³-hybridized carbons (Fsp3) is 0.857. The van der Waals surface area contributed by atoms with Crippen LogP contribution in [0.4, 0.5) is 0 Å². The van der Waals surface area contributed by atoms with E-state index in [1.807, 2.05) is 5.57 Å². The molecule has 1 heteroatoms. The first-order chi connectivity index (χ1) is 13.8. The van der Waals surface area contributed by atoms with Crippen molar-refractivity contribution in [2.75, 3.05) is 6.61 Å². The molecule has 0 spiro atoms. The molecule has 164 valence electrons. The van der Waals surface area contributed by atoms with Crippen molar-refractivity contribution in [3.05, 3.63) is 23.8 Å². The van der Waals surface area contributed by atoms with Gasteiger partial charge in [-0.15, -0.1) is 0 Å². The Balaban J connectivity index is 1.48. The van der Waals surface area contributed by atoms with Crippen LogP contribution in [0.2, 0.25) is 0 Å². The molecule has 0 saturated heterocycles. The normalized spacial score (nSPS) is 43.6. The summed E-state index contributed by atoms with van der Waals surface area (Å²) >= 11 is 0. The van der Waals surface area contributed by atoms with Crippen molar-refractivity contribution in [1.29, 1.82) is 0 Å². The minimum atomic E-state index is 0.242. The molecule has 0 heterocycles. The third-order valence-corrected chi connectivity index (χ3v) is 10.6. The largest absolute Gasteiger partial charge is 0.396 e. The second-order valence-corrected chi connectivity index (χ2v) is 12.0. The molecule has 3 saturated carbocycles. The summed E-state index contributed by atoms with van der Waals surface area (Å²) in [5, 5.41) is 9.42. The van der Waals surface area contributed by atoms with E-state index in [2.05, 4.69) is 40.3 Å². The molecule has 0 aromatic rings. The first kappa shape index (κ1) is 21.7. The van der Waals surface area contributed by atoms with Crippen LogP contribution in [-0.2, 0) is 0 Å². The van der Waals surface area contributed by atoms with Crippen LogP contribution < -0.4 is 0 Å². The smallest absolute Gasteiger partial charge is 0.0493 e. The zero-order valence-electron chi connectivity index (χ0n) is 19.7. The molecular weight excluding hydrogens is 352 g/mol. The minimum Gasteiger partial charge on any atom is -0.396 e. The van der Waals surface area contributed by atoms with Gasteiger partial charge in [0.2, 0.25) is 0 Å². The van der Waals surface area contributed by atoms with Crippen LogP contribution in [0, 0.1) is 46.3 Å². The highest BCUT2D eigenvalue weighted by atomic mass is 16.3. The van der Waals surface area contributed by atoms with Gasteiger partial charge < -0.3 is 5.11 Å². The van der Waals surface area contributed by atoms with E-state index in [9.17, 15) is 5.11 Å². The van der Waals surface area contributed by atoms with Gasteiger partial charge in [0.15, 0.2) is 0 Å². The number of aliphatic hydroxyl groups excluding tert-OH is 1. The van der Waals surface area contributed by atoms with Gasteiger partial charge in [-0.1, -0.05) is 64.3 Å². The van der Waals surface area contributed by atoms with Gasteiger partial charge in [0.1, 0.15) is 0 Å². The summed E-state index contributed by atoms with van der Waals surface area (Å²) in [6.45, 7) is 14.4. The highest BCUT2D eigenvalue weighted by molar-refractivity contribution is 5.27. The van der Waals surface area contributed by atoms with Gasteiger partial charge in [-0.2, -0.15) is 0 Å². The van der Waals surface area contributed by atoms with Crippen molar-refractivity contribution >= 4 is 0 Å². The van der Waals surface area contributed by atoms with Crippen molar-refractivity contribution < 1.29 is 5.11 Å². The molecule has 4 aliphatic rings. The van der Waals surface area contributed by atoms with Gasteiger partial charge >= 0.3 is 0 Å². The van der Waals surface area contributed by atoms with E-state index in [4.69, 9.17) is 0 Å². The molecule has 0 radical (unpaired) electrons. The van der Waals surface area contributed by atoms with Crippen LogP contribution in [0.15, 0.2) is 23.8 Å². The maximum absolute atomic E-state index is 9.42. The molecule has 1 N–H and O–H groups in total. The van der Waals surface area contributed by atoms with Crippen LogP contribution in [0.25, 0.3) is 0 Å². The molecule has 2 unspecified atom stereocenters. The fourth-order valence-corrected chi connectivity index (χ4v) is 8.51. The van der Waals surface area contributed by atoms with Crippen molar-refractivity contribution in [1.82, 2.24) is 0 Å². The summed E-state index contributed by atoms with van der Waals surface area (Å²) in [7, 11) is 0. The molecule has 8 atom stereocenters. The predicted octanol–water partition coefficient (Wildman–Crippen LogP) is 7.56. The Labute approximate surface area is 180 Å². The zero-order chi connectivity index (χ0) is 20.8. The maximum Gasteiger partial charge on any atom is 0.0493 e. The number of hydrogen-bond donors (Lipinski definition) is 1. The molecule has 3 fully saturated rings. The lowest BCUT2D eigenvalue weighted by Gasteiger charge is -2.57. The number of rotatable bonds is 6. The van der Waals surface area contributed by atoms with Crippen LogP contribution in [0.1, 0.15) is 98.3 Å². The van der Waals surface area contributed by atoms with Gasteiger partial charge in [-0.05, 0) is 104 Å². The number of aliphatic hydroxyl groups is 1. The second kappa shape index (κ2) is 8.18. The lowest BCUT2D eigenvalue weighted by atomic mass is 9.48. The molecule has 1 nitrogen and oxygen atoms in total. The van der Waals surface area contributed by atoms with E-state index in [0.717, 1.165) is 36.0 Å². The summed E-state index contributed by atoms with van der Waals surface area (Å²) in [5.41, 5.74) is 4.27. The molecule has 4 rings (SSSR count). The van der Waals surface area contributed by atoms with E-state index in [0.29, 0.717) is 10.8 Å². The Kier molecular flexibility index (Phi) is 6.11. The third kappa shape index (κ3) is 3.58. The van der Waals surface area contributed by atoms with Crippen LogP contribution in [0.3, 0.4) is 0 Å². The maximum atomic E-state index is 9.42. The first-order valence-electron chi connectivity index (χ1n) is 12.8. The number of allylic oxidation sites excluding steroid dienone is 2. The molecule has 0 aliphatic heterocycles. The monoisotopic (exact) mass is 398 g/mol. The Morgan fingerprint density at radius 1 is 1.07 bits per heavy atom. The fourth-order valence-electron chi connectivity index (χ4n) is 8.51. The van der Waals surface area contributed by atoms with Crippen molar-refractivity contribution in [3.63, 3.8) is 0 Å². The second-order valence-electron chi connectivity index (χ2n) is 12.0. The average molecular weight is 399 g/mol. The quantitative estimate of drug-likeness (QED) is 0.458. The number of fused-ring (bicyclic) bond motifs is 5. The van der Waals surface area contributed by atoms with E-state index >= 15 is 0 Å². The van der Waals surface area contributed by atoms with Crippen LogP contribution in [0.5, 0.6) is 0 Å². The lowest BCUT2D eigenvalue weighted by molar-refractivity contribution is -0.00785. The molecule has 0 aromatic carbocycles. The van der Waals surface area contributed by atoms with Crippen molar-refractivity contribution in [2.45, 2.75) is 98.3 Å². The molecule has 0 aromatic heterocycles. The van der Waals surface area contributed by atoms with Crippen molar-refractivity contribution in [2.24, 2.45) is 46.3 Å². The van der Waals surface area contributed by atoms with Gasteiger partial charge in [0, 0.05) is 6.61 Å². The number of hydrogen-bond acceptors (Lipinski definition) is 1. The summed E-state index contributed by atoms with van der Waals surface area (Å²) < 4.78 is 0. The van der Waals surface area contributed by atoms with Gasteiger partial charge in [0.25, 0.3) is 0 Å². The Morgan fingerprint density at radius 2 is 1.83 bits per heavy atom. The van der Waals surface area contributed by atoms with E-state index in [-0.39, 0.29) is 12.5 Å². The minimum absolute atomic E-state index is 0.242. The predicted molar refractivity (Wildman–Crippen MR) is 124 cm³/mol. The zero-order valence-corrected chi connectivity index (χ0v) is 19.7. The van der Waals surface area contributed by atoms with E-state index in [1.54, 1.807) is 0 Å². The van der Waals surface area contributed by atoms with E-state index in [1.165, 1.54) is 69.8 Å².